The van der Waals surface area contributed by atoms with Gasteiger partial charge in [0.1, 0.15) is 17.4 Å². The summed E-state index contributed by atoms with van der Waals surface area (Å²) in [6.45, 7) is 2.26. The summed E-state index contributed by atoms with van der Waals surface area (Å²) in [4.78, 5) is 21.5. The molecule has 2 aromatic heterocycles. The average Bonchev–Trinajstić information content (AvgIpc) is 3.17. The molecule has 0 saturated heterocycles. The number of aryl methyl sites for hydroxylation is 1. The molecular formula is C22H23N5O4. The van der Waals surface area contributed by atoms with Gasteiger partial charge in [0.05, 0.1) is 19.9 Å². The normalized spacial score (nSPS) is 11.5. The van der Waals surface area contributed by atoms with Gasteiger partial charge in [-0.3, -0.25) is 9.48 Å². The predicted octanol–water partition coefficient (Wildman–Crippen LogP) is 2.53. The third kappa shape index (κ3) is 5.38. The van der Waals surface area contributed by atoms with Gasteiger partial charge in [0.2, 0.25) is 5.88 Å². The topological polar surface area (TPSA) is 100 Å². The fourth-order valence-electron chi connectivity index (χ4n) is 2.86. The number of ether oxygens (including phenoxy) is 3. The number of amides is 1. The second-order valence-corrected chi connectivity index (χ2v) is 6.72. The van der Waals surface area contributed by atoms with Crippen LogP contribution in [0.3, 0.4) is 0 Å². The van der Waals surface area contributed by atoms with E-state index in [2.05, 4.69) is 26.3 Å². The van der Waals surface area contributed by atoms with Crippen LogP contribution in [0.4, 0.5) is 5.82 Å². The van der Waals surface area contributed by atoms with Crippen molar-refractivity contribution in [2.24, 2.45) is 7.05 Å². The number of aromatic nitrogens is 4. The maximum absolute atomic E-state index is 12.9. The molecule has 0 aliphatic heterocycles. The minimum absolute atomic E-state index is 0.230. The highest BCUT2D eigenvalue weighted by Crippen LogP contribution is 2.27. The molecule has 1 aromatic carbocycles. The molecule has 3 rings (SSSR count). The third-order valence-corrected chi connectivity index (χ3v) is 4.22. The summed E-state index contributed by atoms with van der Waals surface area (Å²) in [6, 6.07) is 6.75. The van der Waals surface area contributed by atoms with E-state index in [4.69, 9.17) is 20.6 Å². The maximum atomic E-state index is 12.9. The van der Waals surface area contributed by atoms with E-state index in [1.165, 1.54) is 13.3 Å². The molecule has 9 nitrogen and oxygen atoms in total. The number of nitrogens with zero attached hydrogens (tertiary/aromatic N) is 4. The Labute approximate surface area is 180 Å². The van der Waals surface area contributed by atoms with Crippen molar-refractivity contribution < 1.29 is 19.0 Å². The molecular weight excluding hydrogens is 398 g/mol. The molecule has 9 heteroatoms. The van der Waals surface area contributed by atoms with Gasteiger partial charge in [0.25, 0.3) is 5.91 Å². The van der Waals surface area contributed by atoms with E-state index in [9.17, 15) is 4.79 Å². The van der Waals surface area contributed by atoms with Crippen LogP contribution < -0.4 is 14.8 Å². The standard InChI is InChI=1S/C22H23N5O4/c1-6-15-12-23-20(25-22(15)30-5)16-9-17(11-18(10-16)31-14(2)13-29-4)21(28)24-19-7-8-27(3)26-19/h1,7-12,14H,13H2,2-5H3,(H,24,26,28)/t14-/m0/s1. The van der Waals surface area contributed by atoms with Crippen LogP contribution in [-0.2, 0) is 11.8 Å². The summed E-state index contributed by atoms with van der Waals surface area (Å²) >= 11 is 0. The van der Waals surface area contributed by atoms with E-state index in [1.54, 1.807) is 49.3 Å². The molecule has 31 heavy (non-hydrogen) atoms. The fraction of sp³-hybridized carbons (Fsp3) is 0.273. The van der Waals surface area contributed by atoms with E-state index >= 15 is 0 Å². The lowest BCUT2D eigenvalue weighted by molar-refractivity contribution is 0.0917. The number of terminal acetylenes is 1. The highest BCUT2D eigenvalue weighted by atomic mass is 16.5. The highest BCUT2D eigenvalue weighted by molar-refractivity contribution is 6.04. The van der Waals surface area contributed by atoms with Crippen molar-refractivity contribution in [3.05, 3.63) is 47.8 Å². The molecule has 3 aromatic rings. The third-order valence-electron chi connectivity index (χ3n) is 4.22. The van der Waals surface area contributed by atoms with E-state index in [1.807, 2.05) is 6.92 Å². The van der Waals surface area contributed by atoms with Crippen LogP contribution in [0.15, 0.2) is 36.7 Å². The molecule has 1 N–H and O–H groups in total. The quantitative estimate of drug-likeness (QED) is 0.558. The van der Waals surface area contributed by atoms with Gasteiger partial charge in [-0.05, 0) is 25.1 Å². The molecule has 0 radical (unpaired) electrons. The molecule has 1 atom stereocenters. The van der Waals surface area contributed by atoms with Crippen molar-refractivity contribution in [1.82, 2.24) is 19.7 Å². The molecule has 0 bridgehead atoms. The summed E-state index contributed by atoms with van der Waals surface area (Å²) in [5, 5.41) is 6.93. The molecule has 2 heterocycles. The first-order valence-electron chi connectivity index (χ1n) is 9.43. The van der Waals surface area contributed by atoms with Gasteiger partial charge >= 0.3 is 0 Å². The van der Waals surface area contributed by atoms with E-state index < -0.39 is 0 Å². The van der Waals surface area contributed by atoms with Crippen molar-refractivity contribution >= 4 is 11.7 Å². The van der Waals surface area contributed by atoms with Gasteiger partial charge in [-0.2, -0.15) is 10.1 Å². The highest BCUT2D eigenvalue weighted by Gasteiger charge is 2.16. The number of rotatable bonds is 8. The molecule has 0 aliphatic rings. The van der Waals surface area contributed by atoms with Crippen molar-refractivity contribution in [2.75, 3.05) is 26.1 Å². The number of nitrogens with one attached hydrogen (secondary N) is 1. The zero-order valence-corrected chi connectivity index (χ0v) is 17.7. The Bertz CT molecular complexity index is 1120. The minimum atomic E-state index is -0.350. The number of carbonyl (C=O) groups is 1. The number of carbonyl (C=O) groups excluding carboxylic acids is 1. The van der Waals surface area contributed by atoms with Crippen molar-refractivity contribution in [3.63, 3.8) is 0 Å². The van der Waals surface area contributed by atoms with Crippen LogP contribution in [0.2, 0.25) is 0 Å². The van der Waals surface area contributed by atoms with Gasteiger partial charge in [-0.15, -0.1) is 6.42 Å². The number of methoxy groups -OCH3 is 2. The lowest BCUT2D eigenvalue weighted by atomic mass is 10.1. The Hall–Kier alpha value is -3.90. The van der Waals surface area contributed by atoms with Crippen LogP contribution in [0.1, 0.15) is 22.8 Å². The van der Waals surface area contributed by atoms with Crippen LogP contribution >= 0.6 is 0 Å². The van der Waals surface area contributed by atoms with Crippen molar-refractivity contribution in [1.29, 1.82) is 0 Å². The number of benzene rings is 1. The van der Waals surface area contributed by atoms with E-state index in [0.29, 0.717) is 40.7 Å². The Morgan fingerprint density at radius 2 is 2.13 bits per heavy atom. The smallest absolute Gasteiger partial charge is 0.257 e. The van der Waals surface area contributed by atoms with Crippen molar-refractivity contribution in [3.8, 4) is 35.4 Å². The lowest BCUT2D eigenvalue weighted by Crippen LogP contribution is -2.19. The molecule has 0 spiro atoms. The number of hydrogen-bond donors (Lipinski definition) is 1. The summed E-state index contributed by atoms with van der Waals surface area (Å²) in [6.07, 6.45) is 8.46. The van der Waals surface area contributed by atoms with Crippen LogP contribution in [-0.4, -0.2) is 52.6 Å². The van der Waals surface area contributed by atoms with Gasteiger partial charge in [-0.1, -0.05) is 5.92 Å². The first-order valence-corrected chi connectivity index (χ1v) is 9.43. The van der Waals surface area contributed by atoms with E-state index in [0.717, 1.165) is 0 Å². The Balaban J connectivity index is 2.00. The van der Waals surface area contributed by atoms with Crippen molar-refractivity contribution in [2.45, 2.75) is 13.0 Å². The summed E-state index contributed by atoms with van der Waals surface area (Å²) < 4.78 is 17.9. The van der Waals surface area contributed by atoms with Crippen LogP contribution in [0.5, 0.6) is 11.6 Å². The molecule has 0 saturated carbocycles. The van der Waals surface area contributed by atoms with E-state index in [-0.39, 0.29) is 17.9 Å². The van der Waals surface area contributed by atoms with Gasteiger partial charge in [0.15, 0.2) is 11.6 Å². The molecule has 0 fully saturated rings. The van der Waals surface area contributed by atoms with Crippen LogP contribution in [0.25, 0.3) is 11.4 Å². The Morgan fingerprint density at radius 3 is 2.77 bits per heavy atom. The van der Waals surface area contributed by atoms with Gasteiger partial charge in [-0.25, -0.2) is 4.98 Å². The van der Waals surface area contributed by atoms with Crippen LogP contribution in [0, 0.1) is 12.3 Å². The maximum Gasteiger partial charge on any atom is 0.257 e. The lowest BCUT2D eigenvalue weighted by Gasteiger charge is -2.16. The summed E-state index contributed by atoms with van der Waals surface area (Å²) in [7, 11) is 4.84. The average molecular weight is 421 g/mol. The zero-order chi connectivity index (χ0) is 22.4. The minimum Gasteiger partial charge on any atom is -0.488 e. The Kier molecular flexibility index (Phi) is 6.85. The summed E-state index contributed by atoms with van der Waals surface area (Å²) in [5.41, 5.74) is 1.35. The molecule has 0 unspecified atom stereocenters. The molecule has 1 amide bonds. The number of hydrogen-bond acceptors (Lipinski definition) is 7. The summed E-state index contributed by atoms with van der Waals surface area (Å²) in [5.74, 6) is 3.64. The first kappa shape index (κ1) is 21.8. The Morgan fingerprint density at radius 1 is 1.32 bits per heavy atom. The van der Waals surface area contributed by atoms with Gasteiger partial charge < -0.3 is 19.5 Å². The fourth-order valence-corrected chi connectivity index (χ4v) is 2.86. The largest absolute Gasteiger partial charge is 0.488 e. The number of anilines is 1. The second-order valence-electron chi connectivity index (χ2n) is 6.72. The monoisotopic (exact) mass is 421 g/mol. The SMILES string of the molecule is C#Cc1cnc(-c2cc(O[C@@H](C)COC)cc(C(=O)Nc3ccn(C)n3)c2)nc1OC. The molecule has 0 aliphatic carbocycles. The zero-order valence-electron chi connectivity index (χ0n) is 17.7. The first-order chi connectivity index (χ1) is 14.9. The predicted molar refractivity (Wildman–Crippen MR) is 115 cm³/mol. The second kappa shape index (κ2) is 9.73. The molecule has 160 valence electrons. The van der Waals surface area contributed by atoms with Gasteiger partial charge in [0, 0.05) is 37.5 Å².